The first-order valence-corrected chi connectivity index (χ1v) is 9.00. The van der Waals surface area contributed by atoms with E-state index in [-0.39, 0.29) is 11.9 Å². The number of rotatable bonds is 6. The number of hydrogen-bond donors (Lipinski definition) is 1. The van der Waals surface area contributed by atoms with Gasteiger partial charge in [0.25, 0.3) is 5.91 Å². The van der Waals surface area contributed by atoms with Gasteiger partial charge in [-0.1, -0.05) is 36.4 Å². The fourth-order valence-electron chi connectivity index (χ4n) is 2.88. The molecule has 0 bridgehead atoms. The normalized spacial score (nSPS) is 14.4. The monoisotopic (exact) mass is 360 g/mol. The van der Waals surface area contributed by atoms with Crippen LogP contribution >= 0.6 is 0 Å². The van der Waals surface area contributed by atoms with Gasteiger partial charge < -0.3 is 14.6 Å². The van der Waals surface area contributed by atoms with Crippen LogP contribution in [0.5, 0.6) is 0 Å². The lowest BCUT2D eigenvalue weighted by molar-refractivity contribution is -0.130. The summed E-state index contributed by atoms with van der Waals surface area (Å²) in [5.41, 5.74) is 1.92. The lowest BCUT2D eigenvalue weighted by Gasteiger charge is -2.18. The third-order valence-corrected chi connectivity index (χ3v) is 4.47. The van der Waals surface area contributed by atoms with Crippen molar-refractivity contribution in [3.05, 3.63) is 90.3 Å². The molecule has 1 aliphatic carbocycles. The molecular weight excluding hydrogens is 340 g/mol. The van der Waals surface area contributed by atoms with Crippen LogP contribution in [-0.2, 0) is 9.53 Å². The third kappa shape index (κ3) is 4.08. The molecule has 5 nitrogen and oxygen atoms in total. The van der Waals surface area contributed by atoms with E-state index >= 15 is 0 Å². The van der Waals surface area contributed by atoms with E-state index in [1.54, 1.807) is 30.3 Å². The number of hydrogen-bond acceptors (Lipinski definition) is 3. The molecule has 1 N–H and O–H groups in total. The van der Waals surface area contributed by atoms with Crippen LogP contribution in [0.25, 0.3) is 5.69 Å². The molecule has 0 radical (unpaired) electrons. The van der Waals surface area contributed by atoms with Crippen molar-refractivity contribution >= 4 is 11.9 Å². The minimum absolute atomic E-state index is 0.194. The number of aromatic nitrogens is 1. The Kier molecular flexibility index (Phi) is 4.75. The minimum Gasteiger partial charge on any atom is -0.444 e. The first-order valence-electron chi connectivity index (χ1n) is 9.00. The Bertz CT molecular complexity index is 931. The number of carbonyl (C=O) groups excluding carboxylic acids is 2. The molecule has 4 rings (SSSR count). The topological polar surface area (TPSA) is 60.3 Å². The molecule has 1 aliphatic rings. The van der Waals surface area contributed by atoms with Crippen LogP contribution in [0.15, 0.2) is 79.1 Å². The highest BCUT2D eigenvalue weighted by molar-refractivity contribution is 5.93. The summed E-state index contributed by atoms with van der Waals surface area (Å²) in [6, 6.07) is 20.3. The van der Waals surface area contributed by atoms with E-state index in [1.165, 1.54) is 0 Å². The van der Waals surface area contributed by atoms with Crippen molar-refractivity contribution in [2.75, 3.05) is 0 Å². The van der Waals surface area contributed by atoms with Gasteiger partial charge in [0.15, 0.2) is 0 Å². The van der Waals surface area contributed by atoms with E-state index < -0.39 is 12.1 Å². The van der Waals surface area contributed by atoms with Gasteiger partial charge in [-0.15, -0.1) is 0 Å². The molecule has 3 aromatic rings. The van der Waals surface area contributed by atoms with Gasteiger partial charge in [0, 0.05) is 29.7 Å². The Balaban J connectivity index is 1.56. The molecule has 0 unspecified atom stereocenters. The molecular formula is C22H20N2O3. The zero-order chi connectivity index (χ0) is 18.6. The minimum atomic E-state index is -0.963. The van der Waals surface area contributed by atoms with Crippen LogP contribution in [0.4, 0.5) is 0 Å². The lowest BCUT2D eigenvalue weighted by atomic mass is 10.1. The maximum absolute atomic E-state index is 12.7. The summed E-state index contributed by atoms with van der Waals surface area (Å²) in [5.74, 6) is -0.803. The smallest absolute Gasteiger partial charge is 0.339 e. The van der Waals surface area contributed by atoms with E-state index in [4.69, 9.17) is 4.74 Å². The molecule has 0 spiro atoms. The quantitative estimate of drug-likeness (QED) is 0.683. The zero-order valence-electron chi connectivity index (χ0n) is 14.7. The average Bonchev–Trinajstić information content (AvgIpc) is 3.34. The van der Waals surface area contributed by atoms with E-state index in [0.717, 1.165) is 18.5 Å². The fourth-order valence-corrected chi connectivity index (χ4v) is 2.88. The van der Waals surface area contributed by atoms with E-state index in [9.17, 15) is 9.59 Å². The SMILES string of the molecule is O=C(O[C@@H](C(=O)NC1CC1)c1ccccc1)c1cccc(-n2cccc2)c1. The number of nitrogens with one attached hydrogen (secondary N) is 1. The number of nitrogens with zero attached hydrogens (tertiary/aromatic N) is 1. The Hall–Kier alpha value is -3.34. The average molecular weight is 360 g/mol. The summed E-state index contributed by atoms with van der Waals surface area (Å²) in [6.45, 7) is 0. The highest BCUT2D eigenvalue weighted by Gasteiger charge is 2.31. The van der Waals surface area contributed by atoms with Crippen LogP contribution in [0.3, 0.4) is 0 Å². The van der Waals surface area contributed by atoms with Gasteiger partial charge >= 0.3 is 5.97 Å². The first-order chi connectivity index (χ1) is 13.2. The first kappa shape index (κ1) is 17.1. The van der Waals surface area contributed by atoms with Gasteiger partial charge in [-0.3, -0.25) is 4.79 Å². The van der Waals surface area contributed by atoms with Crippen LogP contribution in [-0.4, -0.2) is 22.5 Å². The molecule has 1 heterocycles. The predicted molar refractivity (Wildman–Crippen MR) is 102 cm³/mol. The molecule has 1 fully saturated rings. The molecule has 5 heteroatoms. The van der Waals surface area contributed by atoms with Crippen molar-refractivity contribution in [3.8, 4) is 5.69 Å². The molecule has 0 aliphatic heterocycles. The van der Waals surface area contributed by atoms with Crippen molar-refractivity contribution in [2.24, 2.45) is 0 Å². The molecule has 1 saturated carbocycles. The van der Waals surface area contributed by atoms with Crippen LogP contribution < -0.4 is 5.32 Å². The van der Waals surface area contributed by atoms with Gasteiger partial charge in [0.05, 0.1) is 5.56 Å². The summed E-state index contributed by atoms with van der Waals surface area (Å²) < 4.78 is 7.53. The van der Waals surface area contributed by atoms with Gasteiger partial charge in [0.2, 0.25) is 6.10 Å². The molecule has 1 amide bonds. The Morgan fingerprint density at radius 1 is 0.963 bits per heavy atom. The van der Waals surface area contributed by atoms with Crippen molar-refractivity contribution in [3.63, 3.8) is 0 Å². The molecule has 0 saturated heterocycles. The maximum Gasteiger partial charge on any atom is 0.339 e. The lowest BCUT2D eigenvalue weighted by Crippen LogP contribution is -2.33. The number of benzene rings is 2. The van der Waals surface area contributed by atoms with Gasteiger partial charge in [-0.2, -0.15) is 0 Å². The standard InChI is InChI=1S/C22H20N2O3/c25-21(23-18-11-12-18)20(16-7-2-1-3-8-16)27-22(26)17-9-6-10-19(15-17)24-13-4-5-14-24/h1-10,13-15,18,20H,11-12H2,(H,23,25)/t20-/m1/s1. The third-order valence-electron chi connectivity index (χ3n) is 4.47. The second kappa shape index (κ2) is 7.50. The largest absolute Gasteiger partial charge is 0.444 e. The Morgan fingerprint density at radius 2 is 1.70 bits per heavy atom. The van der Waals surface area contributed by atoms with Crippen molar-refractivity contribution < 1.29 is 14.3 Å². The number of ether oxygens (including phenoxy) is 1. The van der Waals surface area contributed by atoms with Gasteiger partial charge in [-0.05, 0) is 43.2 Å². The number of carbonyl (C=O) groups is 2. The second-order valence-corrected chi connectivity index (χ2v) is 6.62. The van der Waals surface area contributed by atoms with E-state index in [2.05, 4.69) is 5.32 Å². The Morgan fingerprint density at radius 3 is 2.41 bits per heavy atom. The maximum atomic E-state index is 12.7. The predicted octanol–water partition coefficient (Wildman–Crippen LogP) is 3.65. The summed E-state index contributed by atoms with van der Waals surface area (Å²) in [4.78, 5) is 25.4. The summed E-state index contributed by atoms with van der Waals surface area (Å²) >= 11 is 0. The van der Waals surface area contributed by atoms with E-state index in [1.807, 2.05) is 53.4 Å². The van der Waals surface area contributed by atoms with Crippen LogP contribution in [0.2, 0.25) is 0 Å². The Labute approximate surface area is 157 Å². The van der Waals surface area contributed by atoms with Crippen LogP contribution in [0.1, 0.15) is 34.9 Å². The van der Waals surface area contributed by atoms with Crippen LogP contribution in [0, 0.1) is 0 Å². The summed E-state index contributed by atoms with van der Waals surface area (Å²) in [7, 11) is 0. The number of amides is 1. The highest BCUT2D eigenvalue weighted by atomic mass is 16.5. The van der Waals surface area contributed by atoms with Crippen molar-refractivity contribution in [1.29, 1.82) is 0 Å². The summed E-state index contributed by atoms with van der Waals surface area (Å²) in [5, 5.41) is 2.92. The van der Waals surface area contributed by atoms with Crippen molar-refractivity contribution in [1.82, 2.24) is 9.88 Å². The van der Waals surface area contributed by atoms with Gasteiger partial charge in [0.1, 0.15) is 0 Å². The molecule has 2 aromatic carbocycles. The molecule has 1 aromatic heterocycles. The van der Waals surface area contributed by atoms with E-state index in [0.29, 0.717) is 11.1 Å². The zero-order valence-corrected chi connectivity index (χ0v) is 14.7. The molecule has 136 valence electrons. The van der Waals surface area contributed by atoms with Gasteiger partial charge in [-0.25, -0.2) is 4.79 Å². The molecule has 27 heavy (non-hydrogen) atoms. The summed E-state index contributed by atoms with van der Waals surface area (Å²) in [6.07, 6.45) is 4.79. The number of esters is 1. The fraction of sp³-hybridized carbons (Fsp3) is 0.182. The molecule has 1 atom stereocenters. The van der Waals surface area contributed by atoms with Crippen molar-refractivity contribution in [2.45, 2.75) is 25.0 Å². The second-order valence-electron chi connectivity index (χ2n) is 6.62. The highest BCUT2D eigenvalue weighted by Crippen LogP contribution is 2.24.